The molecule has 7 heteroatoms. The molecule has 0 radical (unpaired) electrons. The Morgan fingerprint density at radius 1 is 1.33 bits per heavy atom. The van der Waals surface area contributed by atoms with Crippen molar-refractivity contribution in [3.8, 4) is 0 Å². The fourth-order valence-electron chi connectivity index (χ4n) is 1.78. The molecule has 1 heterocycles. The zero-order valence-corrected chi connectivity index (χ0v) is 13.4. The Balaban J connectivity index is 3.16. The van der Waals surface area contributed by atoms with Gasteiger partial charge in [-0.3, -0.25) is 9.59 Å². The highest BCUT2D eigenvalue weighted by Crippen LogP contribution is 2.33. The van der Waals surface area contributed by atoms with Gasteiger partial charge in [-0.05, 0) is 32.8 Å². The third-order valence-corrected chi connectivity index (χ3v) is 3.84. The SMILES string of the molecule is CCCC(=O)Nc1sc(C(=O)OC(C)C)c(C)c1C(N)=O. The molecular weight excluding hydrogens is 292 g/mol. The molecule has 2 amide bonds. The van der Waals surface area contributed by atoms with Gasteiger partial charge in [-0.15, -0.1) is 11.3 Å². The normalized spacial score (nSPS) is 10.5. The maximum Gasteiger partial charge on any atom is 0.348 e. The second kappa shape index (κ2) is 7.21. The molecule has 0 saturated carbocycles. The number of ether oxygens (including phenoxy) is 1. The van der Waals surface area contributed by atoms with Crippen LogP contribution in [0.25, 0.3) is 0 Å². The molecule has 0 aliphatic carbocycles. The van der Waals surface area contributed by atoms with Crippen LogP contribution in [0.2, 0.25) is 0 Å². The van der Waals surface area contributed by atoms with Crippen LogP contribution in [0, 0.1) is 6.92 Å². The van der Waals surface area contributed by atoms with Crippen LogP contribution < -0.4 is 11.1 Å². The van der Waals surface area contributed by atoms with Crippen LogP contribution in [0.15, 0.2) is 0 Å². The summed E-state index contributed by atoms with van der Waals surface area (Å²) < 4.78 is 5.12. The summed E-state index contributed by atoms with van der Waals surface area (Å²) >= 11 is 1.01. The Kier molecular flexibility index (Phi) is 5.90. The number of carbonyl (C=O) groups excluding carboxylic acids is 3. The van der Waals surface area contributed by atoms with Crippen molar-refractivity contribution in [2.45, 2.75) is 46.6 Å². The van der Waals surface area contributed by atoms with Gasteiger partial charge in [0.05, 0.1) is 11.7 Å². The molecule has 6 nitrogen and oxygen atoms in total. The summed E-state index contributed by atoms with van der Waals surface area (Å²) in [5.74, 6) is -1.42. The Bertz CT molecular complexity index is 564. The molecule has 0 unspecified atom stereocenters. The van der Waals surface area contributed by atoms with Gasteiger partial charge in [-0.1, -0.05) is 6.92 Å². The minimum atomic E-state index is -0.681. The summed E-state index contributed by atoms with van der Waals surface area (Å²) in [6, 6.07) is 0. The lowest BCUT2D eigenvalue weighted by molar-refractivity contribution is -0.116. The van der Waals surface area contributed by atoms with E-state index in [1.165, 1.54) is 0 Å². The molecule has 21 heavy (non-hydrogen) atoms. The number of nitrogens with one attached hydrogen (secondary N) is 1. The smallest absolute Gasteiger partial charge is 0.348 e. The van der Waals surface area contributed by atoms with Crippen molar-refractivity contribution in [3.05, 3.63) is 16.0 Å². The number of nitrogens with two attached hydrogens (primary N) is 1. The molecule has 0 bridgehead atoms. The highest BCUT2D eigenvalue weighted by molar-refractivity contribution is 7.18. The van der Waals surface area contributed by atoms with Crippen molar-refractivity contribution < 1.29 is 19.1 Å². The number of hydrogen-bond donors (Lipinski definition) is 2. The molecule has 116 valence electrons. The fraction of sp³-hybridized carbons (Fsp3) is 0.500. The maximum atomic E-state index is 12.0. The van der Waals surface area contributed by atoms with E-state index in [-0.39, 0.29) is 22.5 Å². The number of hydrogen-bond acceptors (Lipinski definition) is 5. The van der Waals surface area contributed by atoms with Crippen molar-refractivity contribution in [1.29, 1.82) is 0 Å². The number of amides is 2. The molecule has 0 atom stereocenters. The average molecular weight is 312 g/mol. The molecule has 0 aromatic carbocycles. The number of thiophene rings is 1. The lowest BCUT2D eigenvalue weighted by Crippen LogP contribution is -2.17. The maximum absolute atomic E-state index is 12.0. The lowest BCUT2D eigenvalue weighted by Gasteiger charge is -2.06. The van der Waals surface area contributed by atoms with E-state index in [0.29, 0.717) is 23.4 Å². The Labute approximate surface area is 127 Å². The van der Waals surface area contributed by atoms with E-state index in [2.05, 4.69) is 5.32 Å². The lowest BCUT2D eigenvalue weighted by atomic mass is 10.1. The average Bonchev–Trinajstić information content (AvgIpc) is 2.65. The number of anilines is 1. The molecule has 1 aromatic heterocycles. The van der Waals surface area contributed by atoms with E-state index in [4.69, 9.17) is 10.5 Å². The second-order valence-corrected chi connectivity index (χ2v) is 5.90. The predicted octanol–water partition coefficient (Wildman–Crippen LogP) is 2.46. The van der Waals surface area contributed by atoms with Gasteiger partial charge in [-0.2, -0.15) is 0 Å². The molecule has 1 aromatic rings. The largest absolute Gasteiger partial charge is 0.459 e. The summed E-state index contributed by atoms with van der Waals surface area (Å²) in [6.45, 7) is 6.96. The van der Waals surface area contributed by atoms with Crippen LogP contribution >= 0.6 is 11.3 Å². The quantitative estimate of drug-likeness (QED) is 0.788. The van der Waals surface area contributed by atoms with E-state index in [1.54, 1.807) is 20.8 Å². The van der Waals surface area contributed by atoms with Gasteiger partial charge >= 0.3 is 5.97 Å². The molecule has 3 N–H and O–H groups in total. The third-order valence-electron chi connectivity index (χ3n) is 2.65. The van der Waals surface area contributed by atoms with Gasteiger partial charge in [0.25, 0.3) is 5.91 Å². The highest BCUT2D eigenvalue weighted by atomic mass is 32.1. The molecule has 0 saturated heterocycles. The summed E-state index contributed by atoms with van der Waals surface area (Å²) in [6.07, 6.45) is 0.750. The third kappa shape index (κ3) is 4.29. The summed E-state index contributed by atoms with van der Waals surface area (Å²) in [5.41, 5.74) is 5.95. The topological polar surface area (TPSA) is 98.5 Å². The van der Waals surface area contributed by atoms with E-state index < -0.39 is 11.9 Å². The number of primary amides is 1. The van der Waals surface area contributed by atoms with Gasteiger partial charge in [0.2, 0.25) is 5.91 Å². The minimum absolute atomic E-state index is 0.167. The number of rotatable bonds is 6. The monoisotopic (exact) mass is 312 g/mol. The summed E-state index contributed by atoms with van der Waals surface area (Å²) in [4.78, 5) is 35.5. The molecule has 0 spiro atoms. The van der Waals surface area contributed by atoms with Crippen molar-refractivity contribution in [1.82, 2.24) is 0 Å². The Hall–Kier alpha value is -1.89. The Morgan fingerprint density at radius 2 is 1.95 bits per heavy atom. The van der Waals surface area contributed by atoms with Crippen LogP contribution in [0.1, 0.15) is 59.2 Å². The zero-order valence-electron chi connectivity index (χ0n) is 12.6. The standard InChI is InChI=1S/C14H20N2O4S/c1-5-6-9(17)16-13-10(12(15)18)8(4)11(21-13)14(19)20-7(2)3/h7H,5-6H2,1-4H3,(H2,15,18)(H,16,17). The van der Waals surface area contributed by atoms with Crippen LogP contribution in [0.3, 0.4) is 0 Å². The van der Waals surface area contributed by atoms with Gasteiger partial charge in [-0.25, -0.2) is 4.79 Å². The fourth-order valence-corrected chi connectivity index (χ4v) is 2.89. The van der Waals surface area contributed by atoms with Gasteiger partial charge in [0.15, 0.2) is 0 Å². The van der Waals surface area contributed by atoms with Gasteiger partial charge in [0.1, 0.15) is 9.88 Å². The summed E-state index contributed by atoms with van der Waals surface area (Å²) in [5, 5.41) is 2.93. The highest BCUT2D eigenvalue weighted by Gasteiger charge is 2.25. The van der Waals surface area contributed by atoms with Crippen molar-refractivity contribution in [2.75, 3.05) is 5.32 Å². The Morgan fingerprint density at radius 3 is 2.43 bits per heavy atom. The van der Waals surface area contributed by atoms with E-state index >= 15 is 0 Å². The van der Waals surface area contributed by atoms with Crippen LogP contribution in [0.5, 0.6) is 0 Å². The predicted molar refractivity (Wildman–Crippen MR) is 81.7 cm³/mol. The van der Waals surface area contributed by atoms with E-state index in [9.17, 15) is 14.4 Å². The van der Waals surface area contributed by atoms with E-state index in [0.717, 1.165) is 11.3 Å². The number of carbonyl (C=O) groups is 3. The van der Waals surface area contributed by atoms with Crippen molar-refractivity contribution in [3.63, 3.8) is 0 Å². The zero-order chi connectivity index (χ0) is 16.2. The molecular formula is C14H20N2O4S. The first-order valence-corrected chi connectivity index (χ1v) is 7.53. The first kappa shape index (κ1) is 17.2. The van der Waals surface area contributed by atoms with Crippen LogP contribution in [0.4, 0.5) is 5.00 Å². The molecule has 1 rings (SSSR count). The molecule has 0 aliphatic heterocycles. The first-order chi connectivity index (χ1) is 9.77. The van der Waals surface area contributed by atoms with E-state index in [1.807, 2.05) is 6.92 Å². The number of esters is 1. The minimum Gasteiger partial charge on any atom is -0.459 e. The molecule has 0 fully saturated rings. The second-order valence-electron chi connectivity index (χ2n) is 4.88. The first-order valence-electron chi connectivity index (χ1n) is 6.71. The van der Waals surface area contributed by atoms with Crippen LogP contribution in [-0.2, 0) is 9.53 Å². The summed E-state index contributed by atoms with van der Waals surface area (Å²) in [7, 11) is 0. The van der Waals surface area contributed by atoms with Crippen molar-refractivity contribution in [2.24, 2.45) is 5.73 Å². The van der Waals surface area contributed by atoms with Crippen LogP contribution in [-0.4, -0.2) is 23.9 Å². The van der Waals surface area contributed by atoms with Crippen molar-refractivity contribution >= 4 is 34.1 Å². The van der Waals surface area contributed by atoms with Gasteiger partial charge < -0.3 is 15.8 Å². The molecule has 0 aliphatic rings. The van der Waals surface area contributed by atoms with Gasteiger partial charge in [0, 0.05) is 6.42 Å².